The zero-order chi connectivity index (χ0) is 11.7. The van der Waals surface area contributed by atoms with Gasteiger partial charge in [0.15, 0.2) is 0 Å². The third kappa shape index (κ3) is 3.45. The molecule has 1 aromatic carbocycles. The SMILES string of the molecule is O=C(O)c1cnc(-c2cc(F)cc(Cl)c2)[se]1.[LiH]. The van der Waals surface area contributed by atoms with Crippen molar-refractivity contribution in [3.63, 3.8) is 0 Å². The van der Waals surface area contributed by atoms with E-state index in [9.17, 15) is 9.18 Å². The van der Waals surface area contributed by atoms with Crippen LogP contribution in [-0.2, 0) is 0 Å². The molecule has 84 valence electrons. The summed E-state index contributed by atoms with van der Waals surface area (Å²) < 4.78 is 13.9. The number of aromatic nitrogens is 1. The van der Waals surface area contributed by atoms with E-state index in [1.54, 1.807) is 6.07 Å². The first kappa shape index (κ1) is 14.5. The van der Waals surface area contributed by atoms with Crippen LogP contribution >= 0.6 is 11.6 Å². The number of carbonyl (C=O) groups is 1. The number of rotatable bonds is 2. The predicted octanol–water partition coefficient (Wildman–Crippen LogP) is 1.65. The van der Waals surface area contributed by atoms with Crippen molar-refractivity contribution in [3.05, 3.63) is 39.7 Å². The number of halogens is 2. The molecule has 0 fully saturated rings. The van der Waals surface area contributed by atoms with Crippen molar-refractivity contribution in [2.45, 2.75) is 0 Å². The molecule has 3 nitrogen and oxygen atoms in total. The normalized spacial score (nSPS) is 9.76. The number of benzene rings is 1. The van der Waals surface area contributed by atoms with Crippen LogP contribution in [0.3, 0.4) is 0 Å². The topological polar surface area (TPSA) is 50.2 Å². The molecule has 2 aromatic rings. The van der Waals surface area contributed by atoms with Crippen LogP contribution in [0, 0.1) is 5.82 Å². The van der Waals surface area contributed by atoms with Gasteiger partial charge in [0.05, 0.1) is 0 Å². The number of aromatic carboxylic acids is 1. The summed E-state index contributed by atoms with van der Waals surface area (Å²) in [5.41, 5.74) is 0.539. The summed E-state index contributed by atoms with van der Waals surface area (Å²) >= 11 is 5.31. The molecule has 1 heterocycles. The molecule has 0 saturated carbocycles. The average Bonchev–Trinajstić information content (AvgIpc) is 2.64. The zero-order valence-electron chi connectivity index (χ0n) is 7.78. The number of nitrogens with zero attached hydrogens (tertiary/aromatic N) is 1. The monoisotopic (exact) mass is 313 g/mol. The molecule has 0 aliphatic carbocycles. The Balaban J connectivity index is 0.00000144. The molecule has 0 aliphatic heterocycles. The van der Waals surface area contributed by atoms with Crippen molar-refractivity contribution in [2.75, 3.05) is 0 Å². The zero-order valence-corrected chi connectivity index (χ0v) is 10.2. The molecule has 0 atom stereocenters. The van der Waals surface area contributed by atoms with E-state index in [-0.39, 0.29) is 28.3 Å². The van der Waals surface area contributed by atoms with Crippen LogP contribution in [0.1, 0.15) is 9.23 Å². The quantitative estimate of drug-likeness (QED) is 0.858. The molecule has 1 N–H and O–H groups in total. The van der Waals surface area contributed by atoms with Gasteiger partial charge in [-0.1, -0.05) is 0 Å². The van der Waals surface area contributed by atoms with Crippen LogP contribution in [0.4, 0.5) is 4.39 Å². The van der Waals surface area contributed by atoms with Crippen LogP contribution in [-0.4, -0.2) is 49.4 Å². The van der Waals surface area contributed by atoms with Crippen molar-refractivity contribution in [2.24, 2.45) is 0 Å². The Bertz CT molecular complexity index is 541. The predicted molar refractivity (Wildman–Crippen MR) is 65.7 cm³/mol. The van der Waals surface area contributed by atoms with Crippen LogP contribution in [0.25, 0.3) is 10.1 Å². The van der Waals surface area contributed by atoms with E-state index < -0.39 is 26.3 Å². The van der Waals surface area contributed by atoms with Crippen LogP contribution < -0.4 is 0 Å². The van der Waals surface area contributed by atoms with Crippen LogP contribution in [0.5, 0.6) is 0 Å². The molecular formula is C10H6ClFLiNO2Se. The molecule has 0 aliphatic rings. The van der Waals surface area contributed by atoms with Crippen molar-refractivity contribution >= 4 is 50.9 Å². The van der Waals surface area contributed by atoms with Crippen molar-refractivity contribution in [3.8, 4) is 10.1 Å². The van der Waals surface area contributed by atoms with Gasteiger partial charge in [-0.3, -0.25) is 0 Å². The molecule has 0 amide bonds. The maximum atomic E-state index is 13.1. The third-order valence-corrected chi connectivity index (χ3v) is 4.21. The first-order chi connectivity index (χ1) is 7.56. The standard InChI is InChI=1S/C10H5ClFNO2Se.Li.H/c11-6-1-5(2-7(12)3-6)9-13-4-8(16-9)10(14)15;;/h1-4H,(H,14,15);;. The molecule has 1 aromatic heterocycles. The molecule has 0 radical (unpaired) electrons. The van der Waals surface area contributed by atoms with Crippen molar-refractivity contribution in [1.29, 1.82) is 0 Å². The summed E-state index contributed by atoms with van der Waals surface area (Å²) in [4.78, 5) is 14.7. The Morgan fingerprint density at radius 2 is 2.12 bits per heavy atom. The Kier molecular flexibility index (Phi) is 5.00. The van der Waals surface area contributed by atoms with Gasteiger partial charge in [-0.15, -0.1) is 0 Å². The van der Waals surface area contributed by atoms with E-state index in [2.05, 4.69) is 4.98 Å². The summed E-state index contributed by atoms with van der Waals surface area (Å²) in [5, 5.41) is 9.04. The summed E-state index contributed by atoms with van der Waals surface area (Å²) in [6.45, 7) is 0. The number of hydrogen-bond acceptors (Lipinski definition) is 2. The van der Waals surface area contributed by atoms with E-state index in [1.807, 2.05) is 0 Å². The number of hydrogen-bond donors (Lipinski definition) is 1. The number of carboxylic acids is 1. The van der Waals surface area contributed by atoms with Crippen LogP contribution in [0.15, 0.2) is 24.4 Å². The minimum atomic E-state index is -0.985. The second-order valence-electron chi connectivity index (χ2n) is 2.99. The van der Waals surface area contributed by atoms with E-state index in [0.717, 1.165) is 0 Å². The molecule has 2 rings (SSSR count). The van der Waals surface area contributed by atoms with Gasteiger partial charge in [0.1, 0.15) is 0 Å². The summed E-state index contributed by atoms with van der Waals surface area (Å²) in [6.07, 6.45) is 1.30. The molecular weight excluding hydrogens is 306 g/mol. The fourth-order valence-corrected chi connectivity index (χ4v) is 2.96. The van der Waals surface area contributed by atoms with E-state index in [4.69, 9.17) is 16.7 Å². The van der Waals surface area contributed by atoms with Gasteiger partial charge in [0.2, 0.25) is 0 Å². The Morgan fingerprint density at radius 1 is 1.41 bits per heavy atom. The molecule has 17 heavy (non-hydrogen) atoms. The second-order valence-corrected chi connectivity index (χ2v) is 5.59. The molecule has 0 bridgehead atoms. The van der Waals surface area contributed by atoms with Crippen molar-refractivity contribution in [1.82, 2.24) is 4.98 Å². The minimum absolute atomic E-state index is 0. The molecule has 0 unspecified atom stereocenters. The number of carboxylic acid groups (broad SMARTS) is 1. The molecule has 7 heteroatoms. The first-order valence-electron chi connectivity index (χ1n) is 4.22. The van der Waals surface area contributed by atoms with Crippen LogP contribution in [0.2, 0.25) is 5.02 Å². The maximum absolute atomic E-state index is 13.1. The van der Waals surface area contributed by atoms with E-state index in [0.29, 0.717) is 10.1 Å². The van der Waals surface area contributed by atoms with E-state index >= 15 is 0 Å². The summed E-state index contributed by atoms with van der Waals surface area (Å²) in [7, 11) is 0. The van der Waals surface area contributed by atoms with Gasteiger partial charge in [-0.2, -0.15) is 0 Å². The molecule has 0 spiro atoms. The summed E-state index contributed by atoms with van der Waals surface area (Å²) in [6, 6.07) is 4.06. The van der Waals surface area contributed by atoms with Crippen molar-refractivity contribution < 1.29 is 14.3 Å². The average molecular weight is 313 g/mol. The van der Waals surface area contributed by atoms with Gasteiger partial charge < -0.3 is 0 Å². The fraction of sp³-hybridized carbons (Fsp3) is 0. The Morgan fingerprint density at radius 3 is 2.65 bits per heavy atom. The third-order valence-electron chi connectivity index (χ3n) is 1.83. The first-order valence-corrected chi connectivity index (χ1v) is 6.31. The Hall–Kier alpha value is -0.563. The van der Waals surface area contributed by atoms with Gasteiger partial charge in [-0.05, 0) is 0 Å². The molecule has 0 saturated heterocycles. The van der Waals surface area contributed by atoms with E-state index in [1.165, 1.54) is 18.3 Å². The van der Waals surface area contributed by atoms with Gasteiger partial charge >= 0.3 is 120 Å². The summed E-state index contributed by atoms with van der Waals surface area (Å²) in [5.74, 6) is -1.44. The second kappa shape index (κ2) is 5.86. The Labute approximate surface area is 120 Å². The van der Waals surface area contributed by atoms with Gasteiger partial charge in [-0.25, -0.2) is 0 Å². The fourth-order valence-electron chi connectivity index (χ4n) is 1.18. The van der Waals surface area contributed by atoms with Gasteiger partial charge in [0, 0.05) is 0 Å². The van der Waals surface area contributed by atoms with Gasteiger partial charge in [0.25, 0.3) is 0 Å².